The smallest absolute Gasteiger partial charge is 0.387 e. The number of ether oxygens (including phenoxy) is 3. The van der Waals surface area contributed by atoms with Gasteiger partial charge in [0.25, 0.3) is 0 Å². The fraction of sp³-hybridized carbons (Fsp3) is 0.167. The topological polar surface area (TPSA) is 56.8 Å². The highest BCUT2D eigenvalue weighted by Gasteiger charge is 2.12. The molecule has 2 aromatic rings. The molecule has 2 rings (SSSR count). The van der Waals surface area contributed by atoms with Crippen molar-refractivity contribution in [2.45, 2.75) is 6.61 Å². The van der Waals surface area contributed by atoms with Crippen LogP contribution < -0.4 is 19.5 Å². The summed E-state index contributed by atoms with van der Waals surface area (Å²) in [6.45, 7) is -2.95. The van der Waals surface area contributed by atoms with E-state index in [4.69, 9.17) is 21.1 Å². The standard InChI is InChI=1S/C18H16ClF2NO4/c1-24-15-10-13(16(25-2)9-12(15)19)22-17(23)8-7-11-5-3-4-6-14(11)26-18(20)21/h3-10,18H,1-2H3,(H,22,23)/b8-7+. The molecule has 0 aliphatic rings. The predicted molar refractivity (Wildman–Crippen MR) is 95.3 cm³/mol. The van der Waals surface area contributed by atoms with Gasteiger partial charge in [-0.05, 0) is 12.1 Å². The molecular weight excluding hydrogens is 368 g/mol. The van der Waals surface area contributed by atoms with E-state index in [0.29, 0.717) is 27.8 Å². The zero-order chi connectivity index (χ0) is 19.1. The number of alkyl halides is 2. The lowest BCUT2D eigenvalue weighted by atomic mass is 10.2. The maximum Gasteiger partial charge on any atom is 0.387 e. The van der Waals surface area contributed by atoms with Crippen LogP contribution in [0.25, 0.3) is 6.08 Å². The molecule has 26 heavy (non-hydrogen) atoms. The molecule has 2 aromatic carbocycles. The van der Waals surface area contributed by atoms with E-state index < -0.39 is 12.5 Å². The largest absolute Gasteiger partial charge is 0.495 e. The van der Waals surface area contributed by atoms with Gasteiger partial charge in [-0.2, -0.15) is 8.78 Å². The van der Waals surface area contributed by atoms with Crippen LogP contribution in [0.15, 0.2) is 42.5 Å². The molecule has 1 amide bonds. The molecule has 0 unspecified atom stereocenters. The first-order chi connectivity index (χ1) is 12.4. The Hall–Kier alpha value is -2.80. The van der Waals surface area contributed by atoms with Crippen molar-refractivity contribution in [3.8, 4) is 17.2 Å². The van der Waals surface area contributed by atoms with Crippen molar-refractivity contribution < 1.29 is 27.8 Å². The van der Waals surface area contributed by atoms with Crippen LogP contribution in [0.2, 0.25) is 5.02 Å². The lowest BCUT2D eigenvalue weighted by Crippen LogP contribution is -2.09. The first-order valence-electron chi connectivity index (χ1n) is 7.39. The molecule has 0 atom stereocenters. The quantitative estimate of drug-likeness (QED) is 0.709. The Kier molecular flexibility index (Phi) is 6.80. The van der Waals surface area contributed by atoms with Crippen LogP contribution >= 0.6 is 11.6 Å². The van der Waals surface area contributed by atoms with Crippen LogP contribution in [0.4, 0.5) is 14.5 Å². The molecule has 0 aliphatic heterocycles. The van der Waals surface area contributed by atoms with E-state index in [1.807, 2.05) is 0 Å². The highest BCUT2D eigenvalue weighted by Crippen LogP contribution is 2.35. The number of amides is 1. The van der Waals surface area contributed by atoms with Crippen LogP contribution in [-0.4, -0.2) is 26.7 Å². The predicted octanol–water partition coefficient (Wildman–Crippen LogP) is 4.61. The van der Waals surface area contributed by atoms with Gasteiger partial charge in [0.05, 0.1) is 24.9 Å². The average molecular weight is 384 g/mol. The number of hydrogen-bond donors (Lipinski definition) is 1. The molecule has 0 saturated carbocycles. The van der Waals surface area contributed by atoms with Crippen molar-refractivity contribution in [2.75, 3.05) is 19.5 Å². The second-order valence-corrected chi connectivity index (χ2v) is 5.33. The third-order valence-corrected chi connectivity index (χ3v) is 3.58. The summed E-state index contributed by atoms with van der Waals surface area (Å²) in [6.07, 6.45) is 2.56. The molecule has 0 fully saturated rings. The van der Waals surface area contributed by atoms with E-state index in [0.717, 1.165) is 0 Å². The van der Waals surface area contributed by atoms with Gasteiger partial charge >= 0.3 is 6.61 Å². The molecule has 8 heteroatoms. The van der Waals surface area contributed by atoms with E-state index in [1.54, 1.807) is 18.2 Å². The molecule has 138 valence electrons. The normalized spacial score (nSPS) is 10.8. The first kappa shape index (κ1) is 19.5. The second kappa shape index (κ2) is 9.05. The van der Waals surface area contributed by atoms with E-state index >= 15 is 0 Å². The average Bonchev–Trinajstić information content (AvgIpc) is 2.61. The minimum absolute atomic E-state index is 0.0303. The number of rotatable bonds is 7. The zero-order valence-electron chi connectivity index (χ0n) is 14.0. The summed E-state index contributed by atoms with van der Waals surface area (Å²) in [5, 5.41) is 2.95. The molecule has 0 aliphatic carbocycles. The fourth-order valence-electron chi connectivity index (χ4n) is 2.12. The third kappa shape index (κ3) is 5.10. The number of benzene rings is 2. The van der Waals surface area contributed by atoms with Crippen molar-refractivity contribution >= 4 is 29.3 Å². The van der Waals surface area contributed by atoms with Gasteiger partial charge in [-0.15, -0.1) is 0 Å². The van der Waals surface area contributed by atoms with Gasteiger partial charge in [0.2, 0.25) is 5.91 Å². The maximum atomic E-state index is 12.4. The Labute approximate surface area is 154 Å². The van der Waals surface area contributed by atoms with Crippen LogP contribution in [0.1, 0.15) is 5.56 Å². The van der Waals surface area contributed by atoms with Gasteiger partial charge in [0, 0.05) is 23.8 Å². The van der Waals surface area contributed by atoms with Gasteiger partial charge in [0.15, 0.2) is 0 Å². The number of hydrogen-bond acceptors (Lipinski definition) is 4. The molecule has 5 nitrogen and oxygen atoms in total. The Morgan fingerprint density at radius 3 is 2.46 bits per heavy atom. The van der Waals surface area contributed by atoms with Crippen molar-refractivity contribution in [3.63, 3.8) is 0 Å². The van der Waals surface area contributed by atoms with Gasteiger partial charge in [-0.25, -0.2) is 0 Å². The lowest BCUT2D eigenvalue weighted by molar-refractivity contribution is -0.111. The second-order valence-electron chi connectivity index (χ2n) is 4.93. The first-order valence-corrected chi connectivity index (χ1v) is 7.76. The van der Waals surface area contributed by atoms with Gasteiger partial charge < -0.3 is 19.5 Å². The number of para-hydroxylation sites is 1. The summed E-state index contributed by atoms with van der Waals surface area (Å²) >= 11 is 6.01. The molecular formula is C18H16ClF2NO4. The van der Waals surface area contributed by atoms with Crippen molar-refractivity contribution in [1.82, 2.24) is 0 Å². The lowest BCUT2D eigenvalue weighted by Gasteiger charge is -2.12. The Morgan fingerprint density at radius 2 is 1.81 bits per heavy atom. The van der Waals surface area contributed by atoms with E-state index in [1.165, 1.54) is 44.6 Å². The number of carbonyl (C=O) groups excluding carboxylic acids is 1. The molecule has 1 N–H and O–H groups in total. The van der Waals surface area contributed by atoms with Crippen LogP contribution in [0.5, 0.6) is 17.2 Å². The summed E-state index contributed by atoms with van der Waals surface area (Å²) in [4.78, 5) is 12.2. The molecule has 0 aromatic heterocycles. The highest BCUT2D eigenvalue weighted by molar-refractivity contribution is 6.32. The molecule has 0 bridgehead atoms. The minimum atomic E-state index is -2.95. The Balaban J connectivity index is 2.18. The Bertz CT molecular complexity index is 812. The highest BCUT2D eigenvalue weighted by atomic mass is 35.5. The maximum absolute atomic E-state index is 12.4. The third-order valence-electron chi connectivity index (χ3n) is 3.28. The van der Waals surface area contributed by atoms with Crippen LogP contribution in [0.3, 0.4) is 0 Å². The van der Waals surface area contributed by atoms with E-state index in [9.17, 15) is 13.6 Å². The summed E-state index contributed by atoms with van der Waals surface area (Å²) < 4.78 is 39.5. The number of halogens is 3. The SMILES string of the molecule is COc1cc(NC(=O)/C=C/c2ccccc2OC(F)F)c(OC)cc1Cl. The summed E-state index contributed by atoms with van der Waals surface area (Å²) in [6, 6.07) is 9.15. The number of nitrogens with one attached hydrogen (secondary N) is 1. The van der Waals surface area contributed by atoms with Crippen LogP contribution in [0, 0.1) is 0 Å². The van der Waals surface area contributed by atoms with E-state index in [-0.39, 0.29) is 5.75 Å². The number of anilines is 1. The van der Waals surface area contributed by atoms with Gasteiger partial charge in [0.1, 0.15) is 17.2 Å². The van der Waals surface area contributed by atoms with Crippen molar-refractivity contribution in [3.05, 3.63) is 53.1 Å². The number of methoxy groups -OCH3 is 2. The minimum Gasteiger partial charge on any atom is -0.495 e. The summed E-state index contributed by atoms with van der Waals surface area (Å²) in [7, 11) is 2.88. The van der Waals surface area contributed by atoms with Crippen molar-refractivity contribution in [2.24, 2.45) is 0 Å². The van der Waals surface area contributed by atoms with Crippen LogP contribution in [-0.2, 0) is 4.79 Å². The summed E-state index contributed by atoms with van der Waals surface area (Å²) in [5.74, 6) is 0.179. The zero-order valence-corrected chi connectivity index (χ0v) is 14.7. The Morgan fingerprint density at radius 1 is 1.12 bits per heavy atom. The fourth-order valence-corrected chi connectivity index (χ4v) is 2.35. The number of carbonyl (C=O) groups is 1. The van der Waals surface area contributed by atoms with Crippen molar-refractivity contribution in [1.29, 1.82) is 0 Å². The summed E-state index contributed by atoms with van der Waals surface area (Å²) in [5.41, 5.74) is 0.684. The van der Waals surface area contributed by atoms with Gasteiger partial charge in [-0.1, -0.05) is 29.8 Å². The molecule has 0 spiro atoms. The monoisotopic (exact) mass is 383 g/mol. The van der Waals surface area contributed by atoms with Gasteiger partial charge in [-0.3, -0.25) is 4.79 Å². The van der Waals surface area contributed by atoms with E-state index in [2.05, 4.69) is 10.1 Å². The molecule has 0 saturated heterocycles. The molecule has 0 radical (unpaired) electrons. The molecule has 0 heterocycles.